The van der Waals surface area contributed by atoms with Crippen molar-refractivity contribution >= 4 is 23.2 Å². The Labute approximate surface area is 109 Å². The number of hydrogen-bond acceptors (Lipinski definition) is 5. The van der Waals surface area contributed by atoms with Crippen molar-refractivity contribution in [2.24, 2.45) is 0 Å². The fourth-order valence-corrected chi connectivity index (χ4v) is 1.45. The molecule has 0 aliphatic carbocycles. The number of amides is 2. The monoisotopic (exact) mass is 260 g/mol. The number of aromatic nitrogens is 2. The van der Waals surface area contributed by atoms with Gasteiger partial charge in [-0.1, -0.05) is 6.07 Å². The summed E-state index contributed by atoms with van der Waals surface area (Å²) in [6.45, 7) is 3.01. The minimum absolute atomic E-state index is 0.109. The van der Waals surface area contributed by atoms with Gasteiger partial charge in [-0.3, -0.25) is 9.59 Å². The lowest BCUT2D eigenvalue weighted by atomic mass is 10.2. The van der Waals surface area contributed by atoms with Crippen LogP contribution in [0.15, 0.2) is 28.7 Å². The van der Waals surface area contributed by atoms with Gasteiger partial charge in [0.05, 0.1) is 0 Å². The van der Waals surface area contributed by atoms with E-state index in [1.807, 2.05) is 0 Å². The molecule has 0 bridgehead atoms. The molecule has 2 amide bonds. The molecule has 0 saturated heterocycles. The van der Waals surface area contributed by atoms with E-state index in [9.17, 15) is 9.59 Å². The molecule has 0 saturated carbocycles. The van der Waals surface area contributed by atoms with Crippen LogP contribution in [0.1, 0.15) is 23.5 Å². The van der Waals surface area contributed by atoms with Crippen LogP contribution in [0.2, 0.25) is 0 Å². The smallest absolute Gasteiger partial charge is 0.313 e. The maximum Gasteiger partial charge on any atom is 0.313 e. The van der Waals surface area contributed by atoms with Crippen LogP contribution >= 0.6 is 0 Å². The van der Waals surface area contributed by atoms with E-state index < -0.39 is 5.91 Å². The zero-order valence-corrected chi connectivity index (χ0v) is 10.4. The first-order valence-corrected chi connectivity index (χ1v) is 5.54. The summed E-state index contributed by atoms with van der Waals surface area (Å²) in [5.74, 6) is -0.476. The van der Waals surface area contributed by atoms with Crippen molar-refractivity contribution in [2.75, 3.05) is 10.6 Å². The van der Waals surface area contributed by atoms with Crippen molar-refractivity contribution in [2.45, 2.75) is 13.8 Å². The van der Waals surface area contributed by atoms with Gasteiger partial charge in [-0.2, -0.15) is 0 Å². The molecule has 7 nitrogen and oxygen atoms in total. The lowest BCUT2D eigenvalue weighted by Gasteiger charge is -2.05. The molecule has 7 heteroatoms. The Morgan fingerprint density at radius 2 is 1.84 bits per heavy atom. The van der Waals surface area contributed by atoms with Crippen LogP contribution in [-0.4, -0.2) is 22.0 Å². The molecule has 0 atom stereocenters. The van der Waals surface area contributed by atoms with E-state index in [1.165, 1.54) is 6.92 Å². The summed E-state index contributed by atoms with van der Waals surface area (Å²) < 4.78 is 5.01. The third-order valence-electron chi connectivity index (χ3n) is 2.16. The zero-order chi connectivity index (χ0) is 13.8. The van der Waals surface area contributed by atoms with Crippen LogP contribution in [0.3, 0.4) is 0 Å². The van der Waals surface area contributed by atoms with E-state index in [4.69, 9.17) is 4.42 Å². The van der Waals surface area contributed by atoms with Gasteiger partial charge in [-0.05, 0) is 18.2 Å². The minimum Gasteiger partial charge on any atom is -0.417 e. The van der Waals surface area contributed by atoms with Crippen molar-refractivity contribution in [3.63, 3.8) is 0 Å². The average Bonchev–Trinajstić information content (AvgIpc) is 2.75. The third-order valence-corrected chi connectivity index (χ3v) is 2.16. The molecule has 1 heterocycles. The van der Waals surface area contributed by atoms with Crippen LogP contribution in [0.4, 0.5) is 11.4 Å². The minimum atomic E-state index is -0.499. The molecule has 2 rings (SSSR count). The molecule has 2 N–H and O–H groups in total. The molecule has 0 spiro atoms. The second-order valence-corrected chi connectivity index (χ2v) is 3.84. The normalized spacial score (nSPS) is 10.0. The first kappa shape index (κ1) is 12.7. The van der Waals surface area contributed by atoms with Gasteiger partial charge in [-0.25, -0.2) is 0 Å². The van der Waals surface area contributed by atoms with Crippen LogP contribution < -0.4 is 10.6 Å². The number of nitrogens with zero attached hydrogens (tertiary/aromatic N) is 2. The Morgan fingerprint density at radius 1 is 1.16 bits per heavy atom. The number of aryl methyl sites for hydroxylation is 1. The fraction of sp³-hybridized carbons (Fsp3) is 0.167. The summed E-state index contributed by atoms with van der Waals surface area (Å²) in [4.78, 5) is 22.7. The Morgan fingerprint density at radius 3 is 2.42 bits per heavy atom. The van der Waals surface area contributed by atoms with Crippen LogP contribution in [0, 0.1) is 6.92 Å². The number of rotatable bonds is 3. The molecule has 0 aliphatic heterocycles. The van der Waals surface area contributed by atoms with Crippen LogP contribution in [0.5, 0.6) is 0 Å². The first-order chi connectivity index (χ1) is 9.04. The number of hydrogen-bond donors (Lipinski definition) is 2. The Hall–Kier alpha value is -2.70. The maximum absolute atomic E-state index is 11.8. The van der Waals surface area contributed by atoms with Crippen molar-refractivity contribution in [3.8, 4) is 0 Å². The Bertz CT molecular complexity index is 621. The van der Waals surface area contributed by atoms with Gasteiger partial charge in [0, 0.05) is 25.2 Å². The summed E-state index contributed by atoms with van der Waals surface area (Å²) in [6, 6.07) is 6.74. The molecule has 0 aliphatic rings. The predicted molar refractivity (Wildman–Crippen MR) is 67.7 cm³/mol. The van der Waals surface area contributed by atoms with E-state index in [2.05, 4.69) is 20.8 Å². The predicted octanol–water partition coefficient (Wildman–Crippen LogP) is 1.59. The number of benzene rings is 1. The summed E-state index contributed by atoms with van der Waals surface area (Å²) in [5.41, 5.74) is 1.11. The molecular weight excluding hydrogens is 248 g/mol. The van der Waals surface area contributed by atoms with Crippen LogP contribution in [0.25, 0.3) is 0 Å². The highest BCUT2D eigenvalue weighted by atomic mass is 16.4. The highest BCUT2D eigenvalue weighted by Gasteiger charge is 2.13. The van der Waals surface area contributed by atoms with Crippen molar-refractivity contribution in [3.05, 3.63) is 36.0 Å². The molecule has 0 unspecified atom stereocenters. The first-order valence-electron chi connectivity index (χ1n) is 5.54. The molecule has 19 heavy (non-hydrogen) atoms. The fourth-order valence-electron chi connectivity index (χ4n) is 1.45. The van der Waals surface area contributed by atoms with Gasteiger partial charge in [-0.15, -0.1) is 10.2 Å². The van der Waals surface area contributed by atoms with E-state index in [0.29, 0.717) is 17.3 Å². The van der Waals surface area contributed by atoms with Gasteiger partial charge in [0.1, 0.15) is 0 Å². The third kappa shape index (κ3) is 3.38. The van der Waals surface area contributed by atoms with Gasteiger partial charge < -0.3 is 15.1 Å². The van der Waals surface area contributed by atoms with Gasteiger partial charge in [0.25, 0.3) is 0 Å². The average molecular weight is 260 g/mol. The molecule has 2 aromatic rings. The second-order valence-electron chi connectivity index (χ2n) is 3.84. The van der Waals surface area contributed by atoms with E-state index in [-0.39, 0.29) is 11.8 Å². The Kier molecular flexibility index (Phi) is 3.56. The van der Waals surface area contributed by atoms with Gasteiger partial charge in [0.2, 0.25) is 11.8 Å². The standard InChI is InChI=1S/C12H12N4O3/c1-7(17)13-9-4-3-5-10(6-9)14-11(18)12-16-15-8(2)19-12/h3-6H,1-2H3,(H,13,17)(H,14,18). The van der Waals surface area contributed by atoms with E-state index in [0.717, 1.165) is 0 Å². The molecule has 0 radical (unpaired) electrons. The largest absolute Gasteiger partial charge is 0.417 e. The topological polar surface area (TPSA) is 97.1 Å². The lowest BCUT2D eigenvalue weighted by Crippen LogP contribution is -2.13. The number of nitrogens with one attached hydrogen (secondary N) is 2. The highest BCUT2D eigenvalue weighted by Crippen LogP contribution is 2.15. The quantitative estimate of drug-likeness (QED) is 0.873. The second kappa shape index (κ2) is 5.30. The van der Waals surface area contributed by atoms with Gasteiger partial charge >= 0.3 is 11.8 Å². The number of carbonyl (C=O) groups excluding carboxylic acids is 2. The van der Waals surface area contributed by atoms with Crippen molar-refractivity contribution in [1.82, 2.24) is 10.2 Å². The SMILES string of the molecule is CC(=O)Nc1cccc(NC(=O)c2nnc(C)o2)c1. The van der Waals surface area contributed by atoms with E-state index in [1.54, 1.807) is 31.2 Å². The van der Waals surface area contributed by atoms with Crippen molar-refractivity contribution < 1.29 is 14.0 Å². The lowest BCUT2D eigenvalue weighted by molar-refractivity contribution is -0.114. The van der Waals surface area contributed by atoms with E-state index >= 15 is 0 Å². The summed E-state index contributed by atoms with van der Waals surface area (Å²) in [6.07, 6.45) is 0. The summed E-state index contributed by atoms with van der Waals surface area (Å²) in [7, 11) is 0. The molecule has 98 valence electrons. The molecule has 1 aromatic carbocycles. The Balaban J connectivity index is 2.10. The number of carbonyl (C=O) groups is 2. The molecule has 1 aromatic heterocycles. The summed E-state index contributed by atoms with van der Waals surface area (Å²) in [5, 5.41) is 12.4. The van der Waals surface area contributed by atoms with Crippen molar-refractivity contribution in [1.29, 1.82) is 0 Å². The van der Waals surface area contributed by atoms with Gasteiger partial charge in [0.15, 0.2) is 0 Å². The molecular formula is C12H12N4O3. The highest BCUT2D eigenvalue weighted by molar-refractivity contribution is 6.01. The number of anilines is 2. The summed E-state index contributed by atoms with van der Waals surface area (Å²) >= 11 is 0. The van der Waals surface area contributed by atoms with Crippen LogP contribution in [-0.2, 0) is 4.79 Å². The molecule has 0 fully saturated rings. The zero-order valence-electron chi connectivity index (χ0n) is 10.4. The maximum atomic E-state index is 11.8.